The standard InChI is InChI=1S/C15H30O/c1-10(2)12(4)9-13(5)14-8-11(3)6-7-15(14)16/h10-16H,6-9H2,1-5H3. The minimum atomic E-state index is -0.0365. The van der Waals surface area contributed by atoms with E-state index in [9.17, 15) is 5.11 Å². The van der Waals surface area contributed by atoms with Crippen molar-refractivity contribution in [1.82, 2.24) is 0 Å². The molecule has 0 heterocycles. The molecule has 0 aliphatic heterocycles. The molecule has 1 saturated carbocycles. The van der Waals surface area contributed by atoms with Crippen LogP contribution in [0.2, 0.25) is 0 Å². The molecule has 0 saturated heterocycles. The maximum atomic E-state index is 10.1. The third-order valence-electron chi connectivity index (χ3n) is 4.74. The van der Waals surface area contributed by atoms with Gasteiger partial charge in [0.1, 0.15) is 0 Å². The molecular weight excluding hydrogens is 196 g/mol. The van der Waals surface area contributed by atoms with Gasteiger partial charge in [-0.3, -0.25) is 0 Å². The predicted octanol–water partition coefficient (Wildman–Crippen LogP) is 4.10. The maximum absolute atomic E-state index is 10.1. The van der Waals surface area contributed by atoms with Crippen LogP contribution >= 0.6 is 0 Å². The Balaban J connectivity index is 2.48. The average Bonchev–Trinajstić information content (AvgIpc) is 2.21. The number of aliphatic hydroxyl groups is 1. The quantitative estimate of drug-likeness (QED) is 0.765. The molecule has 0 radical (unpaired) electrons. The molecule has 0 aromatic rings. The highest BCUT2D eigenvalue weighted by molar-refractivity contribution is 4.82. The fourth-order valence-electron chi connectivity index (χ4n) is 3.05. The molecule has 1 N–H and O–H groups in total. The van der Waals surface area contributed by atoms with Gasteiger partial charge in [0.25, 0.3) is 0 Å². The van der Waals surface area contributed by atoms with Crippen LogP contribution in [-0.2, 0) is 0 Å². The molecule has 5 unspecified atom stereocenters. The molecule has 1 fully saturated rings. The second-order valence-corrected chi connectivity index (χ2v) is 6.58. The van der Waals surface area contributed by atoms with Gasteiger partial charge in [-0.2, -0.15) is 0 Å². The number of hydrogen-bond acceptors (Lipinski definition) is 1. The molecule has 1 aliphatic carbocycles. The van der Waals surface area contributed by atoms with Gasteiger partial charge < -0.3 is 5.11 Å². The minimum absolute atomic E-state index is 0.0365. The third kappa shape index (κ3) is 3.76. The molecule has 96 valence electrons. The second kappa shape index (κ2) is 6.05. The van der Waals surface area contributed by atoms with Crippen molar-refractivity contribution in [3.63, 3.8) is 0 Å². The molecule has 0 amide bonds. The lowest BCUT2D eigenvalue weighted by molar-refractivity contribution is 0.0170. The summed E-state index contributed by atoms with van der Waals surface area (Å²) in [6.07, 6.45) is 4.70. The topological polar surface area (TPSA) is 20.2 Å². The number of aliphatic hydroxyl groups excluding tert-OH is 1. The molecule has 0 aromatic carbocycles. The molecule has 1 rings (SSSR count). The van der Waals surface area contributed by atoms with E-state index in [0.717, 1.165) is 24.2 Å². The fraction of sp³-hybridized carbons (Fsp3) is 1.00. The Morgan fingerprint density at radius 2 is 1.75 bits per heavy atom. The molecule has 5 atom stereocenters. The smallest absolute Gasteiger partial charge is 0.0571 e. The van der Waals surface area contributed by atoms with E-state index in [1.54, 1.807) is 0 Å². The van der Waals surface area contributed by atoms with Crippen LogP contribution < -0.4 is 0 Å². The van der Waals surface area contributed by atoms with Gasteiger partial charge in [-0.25, -0.2) is 0 Å². The van der Waals surface area contributed by atoms with Crippen LogP contribution in [0.3, 0.4) is 0 Å². The molecule has 1 nitrogen and oxygen atoms in total. The average molecular weight is 226 g/mol. The van der Waals surface area contributed by atoms with Crippen LogP contribution in [-0.4, -0.2) is 11.2 Å². The molecule has 0 bridgehead atoms. The van der Waals surface area contributed by atoms with Crippen molar-refractivity contribution in [3.8, 4) is 0 Å². The van der Waals surface area contributed by atoms with Crippen molar-refractivity contribution < 1.29 is 5.11 Å². The summed E-state index contributed by atoms with van der Waals surface area (Å²) in [5.74, 6) is 3.57. The largest absolute Gasteiger partial charge is 0.393 e. The van der Waals surface area contributed by atoms with Crippen molar-refractivity contribution in [1.29, 1.82) is 0 Å². The lowest BCUT2D eigenvalue weighted by Gasteiger charge is -2.37. The normalized spacial score (nSPS) is 35.1. The van der Waals surface area contributed by atoms with Crippen LogP contribution in [0.5, 0.6) is 0 Å². The maximum Gasteiger partial charge on any atom is 0.0571 e. The zero-order valence-electron chi connectivity index (χ0n) is 11.7. The van der Waals surface area contributed by atoms with Crippen LogP contribution in [0.25, 0.3) is 0 Å². The molecule has 1 heteroatoms. The lowest BCUT2D eigenvalue weighted by atomic mass is 9.71. The lowest BCUT2D eigenvalue weighted by Crippen LogP contribution is -2.33. The third-order valence-corrected chi connectivity index (χ3v) is 4.74. The van der Waals surface area contributed by atoms with Crippen LogP contribution in [0.1, 0.15) is 60.3 Å². The van der Waals surface area contributed by atoms with Gasteiger partial charge in [0.2, 0.25) is 0 Å². The zero-order chi connectivity index (χ0) is 12.3. The monoisotopic (exact) mass is 226 g/mol. The summed E-state index contributed by atoms with van der Waals surface area (Å²) in [5, 5.41) is 10.1. The zero-order valence-corrected chi connectivity index (χ0v) is 11.7. The van der Waals surface area contributed by atoms with Crippen molar-refractivity contribution in [2.45, 2.75) is 66.4 Å². The van der Waals surface area contributed by atoms with Gasteiger partial charge >= 0.3 is 0 Å². The Bertz CT molecular complexity index is 200. The van der Waals surface area contributed by atoms with Crippen molar-refractivity contribution in [2.75, 3.05) is 0 Å². The van der Waals surface area contributed by atoms with E-state index >= 15 is 0 Å². The fourth-order valence-corrected chi connectivity index (χ4v) is 3.05. The van der Waals surface area contributed by atoms with E-state index in [4.69, 9.17) is 0 Å². The second-order valence-electron chi connectivity index (χ2n) is 6.58. The van der Waals surface area contributed by atoms with E-state index in [2.05, 4.69) is 34.6 Å². The van der Waals surface area contributed by atoms with Gasteiger partial charge in [-0.15, -0.1) is 0 Å². The van der Waals surface area contributed by atoms with Crippen molar-refractivity contribution in [2.24, 2.45) is 29.6 Å². The summed E-state index contributed by atoms with van der Waals surface area (Å²) >= 11 is 0. The molecule has 1 aliphatic rings. The van der Waals surface area contributed by atoms with Crippen molar-refractivity contribution in [3.05, 3.63) is 0 Å². The number of rotatable bonds is 4. The van der Waals surface area contributed by atoms with Crippen LogP contribution in [0.15, 0.2) is 0 Å². The molecule has 0 spiro atoms. The Kier molecular flexibility index (Phi) is 5.30. The molecular formula is C15H30O. The predicted molar refractivity (Wildman–Crippen MR) is 70.3 cm³/mol. The Morgan fingerprint density at radius 1 is 1.12 bits per heavy atom. The van der Waals surface area contributed by atoms with Crippen LogP contribution in [0, 0.1) is 29.6 Å². The summed E-state index contributed by atoms with van der Waals surface area (Å²) in [4.78, 5) is 0. The van der Waals surface area contributed by atoms with Gasteiger partial charge in [-0.1, -0.05) is 34.6 Å². The summed E-state index contributed by atoms with van der Waals surface area (Å²) in [5.41, 5.74) is 0. The Hall–Kier alpha value is -0.0400. The molecule has 16 heavy (non-hydrogen) atoms. The highest BCUT2D eigenvalue weighted by Gasteiger charge is 2.31. The van der Waals surface area contributed by atoms with Gasteiger partial charge in [0.05, 0.1) is 6.10 Å². The van der Waals surface area contributed by atoms with E-state index < -0.39 is 0 Å². The van der Waals surface area contributed by atoms with Crippen molar-refractivity contribution >= 4 is 0 Å². The van der Waals surface area contributed by atoms with Crippen LogP contribution in [0.4, 0.5) is 0 Å². The first kappa shape index (κ1) is 14.0. The minimum Gasteiger partial charge on any atom is -0.393 e. The first-order chi connectivity index (χ1) is 7.41. The van der Waals surface area contributed by atoms with Gasteiger partial charge in [-0.05, 0) is 55.3 Å². The van der Waals surface area contributed by atoms with E-state index in [1.807, 2.05) is 0 Å². The highest BCUT2D eigenvalue weighted by atomic mass is 16.3. The number of hydrogen-bond donors (Lipinski definition) is 1. The highest BCUT2D eigenvalue weighted by Crippen LogP contribution is 2.37. The Labute approximate surface area is 102 Å². The Morgan fingerprint density at radius 3 is 2.31 bits per heavy atom. The van der Waals surface area contributed by atoms with E-state index in [0.29, 0.717) is 11.8 Å². The summed E-state index contributed by atoms with van der Waals surface area (Å²) < 4.78 is 0. The molecule has 0 aromatic heterocycles. The first-order valence-electron chi connectivity index (χ1n) is 7.09. The summed E-state index contributed by atoms with van der Waals surface area (Å²) in [6.45, 7) is 11.6. The van der Waals surface area contributed by atoms with Gasteiger partial charge in [0, 0.05) is 0 Å². The summed E-state index contributed by atoms with van der Waals surface area (Å²) in [7, 11) is 0. The summed E-state index contributed by atoms with van der Waals surface area (Å²) in [6, 6.07) is 0. The SMILES string of the molecule is CC1CCC(O)C(C(C)CC(C)C(C)C)C1. The van der Waals surface area contributed by atoms with Gasteiger partial charge in [0.15, 0.2) is 0 Å². The van der Waals surface area contributed by atoms with E-state index in [-0.39, 0.29) is 6.10 Å². The van der Waals surface area contributed by atoms with E-state index in [1.165, 1.54) is 19.3 Å². The first-order valence-corrected chi connectivity index (χ1v) is 7.09.